The van der Waals surface area contributed by atoms with Gasteiger partial charge in [0, 0.05) is 0 Å². The normalized spacial score (nSPS) is 34.2. The van der Waals surface area contributed by atoms with Gasteiger partial charge < -0.3 is 25.8 Å². The molecule has 1 aromatic rings. The van der Waals surface area contributed by atoms with Crippen molar-refractivity contribution < 1.29 is 20.1 Å². The average molecular weight is 229 g/mol. The number of amidine groups is 1. The number of ether oxygens (including phenoxy) is 1. The number of aromatic nitrogens is 3. The minimum atomic E-state index is -1.48. The van der Waals surface area contributed by atoms with Gasteiger partial charge in [0.25, 0.3) is 0 Å². The number of hydrogen-bond acceptors (Lipinski definition) is 7. The van der Waals surface area contributed by atoms with E-state index in [2.05, 4.69) is 10.1 Å². The Morgan fingerprint density at radius 3 is 2.56 bits per heavy atom. The molecular formula is C7H11N5O4. The van der Waals surface area contributed by atoms with Crippen molar-refractivity contribution in [2.24, 2.45) is 5.73 Å². The number of aliphatic hydroxyl groups is 3. The topological polar surface area (TPSA) is 150 Å². The summed E-state index contributed by atoms with van der Waals surface area (Å²) >= 11 is 0. The van der Waals surface area contributed by atoms with Gasteiger partial charge in [0.15, 0.2) is 18.4 Å². The molecule has 2 heterocycles. The Hall–Kier alpha value is -1.55. The Morgan fingerprint density at radius 1 is 1.44 bits per heavy atom. The van der Waals surface area contributed by atoms with Crippen molar-refractivity contribution in [3.63, 3.8) is 0 Å². The Labute approximate surface area is 89.6 Å². The minimum absolute atomic E-state index is 0.0216. The van der Waals surface area contributed by atoms with E-state index in [1.165, 1.54) is 6.33 Å². The first kappa shape index (κ1) is 11.0. The van der Waals surface area contributed by atoms with Crippen molar-refractivity contribution in [2.45, 2.75) is 24.7 Å². The summed E-state index contributed by atoms with van der Waals surface area (Å²) in [5.74, 6) is -0.348. The van der Waals surface area contributed by atoms with Gasteiger partial charge in [0.05, 0.1) is 0 Å². The summed E-state index contributed by atoms with van der Waals surface area (Å²) in [6.45, 7) is 0. The number of nitrogens with two attached hydrogens (primary N) is 1. The van der Waals surface area contributed by atoms with Crippen LogP contribution >= 0.6 is 0 Å². The first-order valence-electron chi connectivity index (χ1n) is 4.46. The SMILES string of the molecule is N=C(N)c1ncn(C2O[C@@H](O)[C@H](O)[C@@H]2O)n1. The summed E-state index contributed by atoms with van der Waals surface area (Å²) in [6.07, 6.45) is -4.07. The van der Waals surface area contributed by atoms with Crippen LogP contribution in [-0.2, 0) is 4.74 Å². The molecule has 1 fully saturated rings. The lowest BCUT2D eigenvalue weighted by Crippen LogP contribution is -2.31. The van der Waals surface area contributed by atoms with Crippen LogP contribution in [-0.4, -0.2) is 54.4 Å². The van der Waals surface area contributed by atoms with E-state index in [4.69, 9.17) is 21.0 Å². The highest BCUT2D eigenvalue weighted by Crippen LogP contribution is 2.26. The molecule has 4 atom stereocenters. The van der Waals surface area contributed by atoms with Gasteiger partial charge in [0.2, 0.25) is 5.82 Å². The highest BCUT2D eigenvalue weighted by Gasteiger charge is 2.43. The van der Waals surface area contributed by atoms with Crippen LogP contribution in [0.25, 0.3) is 0 Å². The van der Waals surface area contributed by atoms with Crippen LogP contribution in [0, 0.1) is 5.41 Å². The lowest BCUT2D eigenvalue weighted by Gasteiger charge is -2.13. The summed E-state index contributed by atoms with van der Waals surface area (Å²) in [5, 5.41) is 38.8. The summed E-state index contributed by atoms with van der Waals surface area (Å²) in [5.41, 5.74) is 5.16. The third-order valence-corrected chi connectivity index (χ3v) is 2.22. The molecule has 16 heavy (non-hydrogen) atoms. The molecule has 0 bridgehead atoms. The van der Waals surface area contributed by atoms with Crippen LogP contribution in [0.15, 0.2) is 6.33 Å². The molecule has 0 spiro atoms. The number of nitrogen functional groups attached to an aromatic ring is 1. The third-order valence-electron chi connectivity index (χ3n) is 2.22. The van der Waals surface area contributed by atoms with Gasteiger partial charge in [-0.05, 0) is 0 Å². The molecule has 2 rings (SSSR count). The van der Waals surface area contributed by atoms with Crippen LogP contribution in [0.3, 0.4) is 0 Å². The molecule has 0 saturated carbocycles. The predicted molar refractivity (Wildman–Crippen MR) is 49.2 cm³/mol. The minimum Gasteiger partial charge on any atom is -0.385 e. The maximum Gasteiger partial charge on any atom is 0.215 e. The fraction of sp³-hybridized carbons (Fsp3) is 0.571. The van der Waals surface area contributed by atoms with E-state index in [0.717, 1.165) is 4.68 Å². The van der Waals surface area contributed by atoms with Crippen molar-refractivity contribution in [3.05, 3.63) is 12.2 Å². The first-order chi connectivity index (χ1) is 7.50. The molecule has 1 aromatic heterocycles. The highest BCUT2D eigenvalue weighted by atomic mass is 16.7. The summed E-state index contributed by atoms with van der Waals surface area (Å²) in [6, 6.07) is 0. The van der Waals surface area contributed by atoms with Gasteiger partial charge in [-0.1, -0.05) is 0 Å². The lowest BCUT2D eigenvalue weighted by atomic mass is 10.2. The maximum absolute atomic E-state index is 9.52. The second-order valence-electron chi connectivity index (χ2n) is 3.36. The molecule has 6 N–H and O–H groups in total. The van der Waals surface area contributed by atoms with E-state index in [9.17, 15) is 10.2 Å². The molecule has 1 aliphatic rings. The van der Waals surface area contributed by atoms with Crippen molar-refractivity contribution >= 4 is 5.84 Å². The molecule has 0 radical (unpaired) electrons. The van der Waals surface area contributed by atoms with Gasteiger partial charge in [0.1, 0.15) is 18.5 Å². The van der Waals surface area contributed by atoms with E-state index >= 15 is 0 Å². The molecule has 9 nitrogen and oxygen atoms in total. The van der Waals surface area contributed by atoms with Gasteiger partial charge in [-0.2, -0.15) is 0 Å². The maximum atomic E-state index is 9.52. The predicted octanol–water partition coefficient (Wildman–Crippen LogP) is -2.87. The molecule has 1 unspecified atom stereocenters. The van der Waals surface area contributed by atoms with Gasteiger partial charge in [-0.15, -0.1) is 5.10 Å². The molecule has 1 aliphatic heterocycles. The first-order valence-corrected chi connectivity index (χ1v) is 4.46. The standard InChI is InChI=1S/C7H11N5O4/c8-4(9)5-10-1-12(11-5)6-2(13)3(14)7(15)16-6/h1-3,6-7,13-15H,(H3,8,9)/t2-,3+,6?,7+/m0/s1. The third kappa shape index (κ3) is 1.65. The molecule has 0 aromatic carbocycles. The summed E-state index contributed by atoms with van der Waals surface area (Å²) in [7, 11) is 0. The van der Waals surface area contributed by atoms with Crippen LogP contribution in [0.2, 0.25) is 0 Å². The Balaban J connectivity index is 2.21. The number of hydrogen-bond donors (Lipinski definition) is 5. The molecule has 0 aliphatic carbocycles. The van der Waals surface area contributed by atoms with E-state index < -0.39 is 24.7 Å². The summed E-state index contributed by atoms with van der Waals surface area (Å²) in [4.78, 5) is 3.69. The smallest absolute Gasteiger partial charge is 0.215 e. The van der Waals surface area contributed by atoms with Crippen molar-refractivity contribution in [2.75, 3.05) is 0 Å². The quantitative estimate of drug-likeness (QED) is 0.270. The summed E-state index contributed by atoms with van der Waals surface area (Å²) < 4.78 is 5.95. The molecule has 9 heteroatoms. The van der Waals surface area contributed by atoms with Gasteiger partial charge in [-0.25, -0.2) is 9.67 Å². The molecule has 0 amide bonds. The average Bonchev–Trinajstić information content (AvgIpc) is 2.79. The Kier molecular flexibility index (Phi) is 2.59. The molecule has 1 saturated heterocycles. The molecular weight excluding hydrogens is 218 g/mol. The van der Waals surface area contributed by atoms with Crippen LogP contribution in [0.5, 0.6) is 0 Å². The second-order valence-corrected chi connectivity index (χ2v) is 3.36. The van der Waals surface area contributed by atoms with Crippen LogP contribution in [0.1, 0.15) is 12.1 Å². The second kappa shape index (κ2) is 3.79. The number of rotatable bonds is 2. The number of nitrogens with one attached hydrogen (secondary N) is 1. The van der Waals surface area contributed by atoms with E-state index in [0.29, 0.717) is 0 Å². The largest absolute Gasteiger partial charge is 0.385 e. The zero-order valence-corrected chi connectivity index (χ0v) is 8.06. The molecule has 88 valence electrons. The van der Waals surface area contributed by atoms with E-state index in [1.54, 1.807) is 0 Å². The monoisotopic (exact) mass is 229 g/mol. The number of nitrogens with zero attached hydrogens (tertiary/aromatic N) is 3. The van der Waals surface area contributed by atoms with E-state index in [-0.39, 0.29) is 11.7 Å². The fourth-order valence-corrected chi connectivity index (χ4v) is 1.38. The number of aliphatic hydroxyl groups excluding tert-OH is 3. The van der Waals surface area contributed by atoms with Crippen molar-refractivity contribution in [1.29, 1.82) is 5.41 Å². The van der Waals surface area contributed by atoms with Gasteiger partial charge in [-0.3, -0.25) is 5.41 Å². The highest BCUT2D eigenvalue weighted by molar-refractivity contribution is 5.90. The van der Waals surface area contributed by atoms with Crippen LogP contribution in [0.4, 0.5) is 0 Å². The lowest BCUT2D eigenvalue weighted by molar-refractivity contribution is -0.144. The van der Waals surface area contributed by atoms with E-state index in [1.807, 2.05) is 0 Å². The van der Waals surface area contributed by atoms with Crippen molar-refractivity contribution in [3.8, 4) is 0 Å². The Morgan fingerprint density at radius 2 is 2.12 bits per heavy atom. The zero-order chi connectivity index (χ0) is 11.9. The van der Waals surface area contributed by atoms with Crippen molar-refractivity contribution in [1.82, 2.24) is 14.8 Å². The fourth-order valence-electron chi connectivity index (χ4n) is 1.38. The zero-order valence-electron chi connectivity index (χ0n) is 8.06. The Bertz CT molecular complexity index is 407. The van der Waals surface area contributed by atoms with Crippen LogP contribution < -0.4 is 5.73 Å². The van der Waals surface area contributed by atoms with Gasteiger partial charge >= 0.3 is 0 Å².